The summed E-state index contributed by atoms with van der Waals surface area (Å²) in [6.07, 6.45) is 2.14. The zero-order chi connectivity index (χ0) is 15.2. The summed E-state index contributed by atoms with van der Waals surface area (Å²) in [7, 11) is 1.67. The molecule has 0 fully saturated rings. The molecule has 1 aromatic rings. The van der Waals surface area contributed by atoms with Gasteiger partial charge in [-0.15, -0.1) is 0 Å². The van der Waals surface area contributed by atoms with Gasteiger partial charge in [0.25, 0.3) is 0 Å². The Hall–Kier alpha value is -1.32. The number of nitrogens with one attached hydrogen (secondary N) is 1. The van der Waals surface area contributed by atoms with Gasteiger partial charge < -0.3 is 15.2 Å². The van der Waals surface area contributed by atoms with E-state index in [4.69, 9.17) is 4.74 Å². The first kappa shape index (κ1) is 16.7. The van der Waals surface area contributed by atoms with E-state index in [1.54, 1.807) is 7.11 Å². The molecule has 112 valence electrons. The van der Waals surface area contributed by atoms with Crippen molar-refractivity contribution in [3.05, 3.63) is 35.4 Å². The molecular weight excluding hydrogens is 250 g/mol. The van der Waals surface area contributed by atoms with Crippen molar-refractivity contribution < 1.29 is 9.84 Å². The highest BCUT2D eigenvalue weighted by Crippen LogP contribution is 2.15. The molecule has 0 bridgehead atoms. The zero-order valence-corrected chi connectivity index (χ0v) is 13.2. The van der Waals surface area contributed by atoms with Gasteiger partial charge in [0.2, 0.25) is 0 Å². The van der Waals surface area contributed by atoms with E-state index in [0.29, 0.717) is 6.54 Å². The van der Waals surface area contributed by atoms with Crippen LogP contribution in [0.1, 0.15) is 33.3 Å². The minimum Gasteiger partial charge on any atom is -0.497 e. The number of benzene rings is 1. The maximum absolute atomic E-state index is 10.2. The normalized spacial score (nSPS) is 15.2. The van der Waals surface area contributed by atoms with Crippen molar-refractivity contribution in [3.63, 3.8) is 0 Å². The number of hydrogen-bond acceptors (Lipinski definition) is 3. The molecule has 1 aromatic carbocycles. The lowest BCUT2D eigenvalue weighted by Crippen LogP contribution is -2.42. The second-order valence-corrected chi connectivity index (χ2v) is 5.88. The van der Waals surface area contributed by atoms with E-state index in [1.807, 2.05) is 45.0 Å². The van der Waals surface area contributed by atoms with E-state index in [1.165, 1.54) is 5.57 Å². The van der Waals surface area contributed by atoms with Gasteiger partial charge in [-0.25, -0.2) is 0 Å². The topological polar surface area (TPSA) is 41.5 Å². The molecule has 3 nitrogen and oxygen atoms in total. The summed E-state index contributed by atoms with van der Waals surface area (Å²) in [6.45, 7) is 9.38. The fourth-order valence-corrected chi connectivity index (χ4v) is 1.75. The molecule has 0 heterocycles. The van der Waals surface area contributed by atoms with Crippen molar-refractivity contribution in [2.75, 3.05) is 20.2 Å². The summed E-state index contributed by atoms with van der Waals surface area (Å²) >= 11 is 0. The molecule has 0 aliphatic rings. The van der Waals surface area contributed by atoms with Crippen LogP contribution in [0.3, 0.4) is 0 Å². The van der Waals surface area contributed by atoms with E-state index in [0.717, 1.165) is 17.9 Å². The van der Waals surface area contributed by atoms with Gasteiger partial charge in [-0.1, -0.05) is 37.6 Å². The molecular formula is C17H27NO2. The van der Waals surface area contributed by atoms with Crippen LogP contribution < -0.4 is 10.1 Å². The molecule has 0 aromatic heterocycles. The molecule has 1 unspecified atom stereocenters. The number of rotatable bonds is 7. The highest BCUT2D eigenvalue weighted by molar-refractivity contribution is 5.53. The van der Waals surface area contributed by atoms with Crippen LogP contribution in [0.15, 0.2) is 29.8 Å². The monoisotopic (exact) mass is 277 g/mol. The molecule has 2 N–H and O–H groups in total. The maximum Gasteiger partial charge on any atom is 0.118 e. The Morgan fingerprint density at radius 3 is 2.45 bits per heavy atom. The second kappa shape index (κ2) is 7.46. The highest BCUT2D eigenvalue weighted by atomic mass is 16.5. The fraction of sp³-hybridized carbons (Fsp3) is 0.529. The van der Waals surface area contributed by atoms with Crippen LogP contribution >= 0.6 is 0 Å². The fourth-order valence-electron chi connectivity index (χ4n) is 1.75. The molecule has 0 spiro atoms. The maximum atomic E-state index is 10.2. The lowest BCUT2D eigenvalue weighted by Gasteiger charge is -2.28. The predicted molar refractivity (Wildman–Crippen MR) is 85.0 cm³/mol. The van der Waals surface area contributed by atoms with Crippen molar-refractivity contribution in [2.24, 2.45) is 5.92 Å². The van der Waals surface area contributed by atoms with Gasteiger partial charge in [0, 0.05) is 13.1 Å². The SMILES string of the molecule is COc1ccc(/C=C(/C)CNCC(C)(O)C(C)C)cc1. The lowest BCUT2D eigenvalue weighted by molar-refractivity contribution is 0.0150. The lowest BCUT2D eigenvalue weighted by atomic mass is 9.92. The minimum absolute atomic E-state index is 0.237. The van der Waals surface area contributed by atoms with Crippen molar-refractivity contribution in [1.29, 1.82) is 0 Å². The summed E-state index contributed by atoms with van der Waals surface area (Å²) in [5, 5.41) is 13.5. The van der Waals surface area contributed by atoms with Crippen LogP contribution in [0.5, 0.6) is 5.75 Å². The van der Waals surface area contributed by atoms with E-state index in [9.17, 15) is 5.11 Å². The van der Waals surface area contributed by atoms with Gasteiger partial charge in [-0.05, 0) is 37.5 Å². The molecule has 0 aliphatic carbocycles. The number of aliphatic hydroxyl groups is 1. The first-order chi connectivity index (χ1) is 9.35. The number of hydrogen-bond donors (Lipinski definition) is 2. The van der Waals surface area contributed by atoms with Crippen LogP contribution in [-0.2, 0) is 0 Å². The average Bonchev–Trinajstić information content (AvgIpc) is 2.39. The van der Waals surface area contributed by atoms with E-state index < -0.39 is 5.60 Å². The molecule has 0 aliphatic heterocycles. The number of ether oxygens (including phenoxy) is 1. The van der Waals surface area contributed by atoms with Gasteiger partial charge in [-0.2, -0.15) is 0 Å². The Morgan fingerprint density at radius 2 is 1.95 bits per heavy atom. The third kappa shape index (κ3) is 5.35. The van der Waals surface area contributed by atoms with Crippen LogP contribution in [-0.4, -0.2) is 30.9 Å². The number of methoxy groups -OCH3 is 1. The van der Waals surface area contributed by atoms with Gasteiger partial charge >= 0.3 is 0 Å². The van der Waals surface area contributed by atoms with Crippen LogP contribution in [0.4, 0.5) is 0 Å². The minimum atomic E-state index is -0.666. The van der Waals surface area contributed by atoms with Gasteiger partial charge in [0.1, 0.15) is 5.75 Å². The Morgan fingerprint density at radius 1 is 1.35 bits per heavy atom. The van der Waals surface area contributed by atoms with E-state index in [-0.39, 0.29) is 5.92 Å². The summed E-state index contributed by atoms with van der Waals surface area (Å²) in [6, 6.07) is 7.98. The molecule has 0 saturated carbocycles. The van der Waals surface area contributed by atoms with Crippen molar-refractivity contribution in [2.45, 2.75) is 33.3 Å². The van der Waals surface area contributed by atoms with Gasteiger partial charge in [0.15, 0.2) is 0 Å². The third-order valence-corrected chi connectivity index (χ3v) is 3.66. The average molecular weight is 277 g/mol. The zero-order valence-electron chi connectivity index (χ0n) is 13.2. The van der Waals surface area contributed by atoms with Crippen LogP contribution in [0.25, 0.3) is 6.08 Å². The predicted octanol–water partition coefficient (Wildman–Crippen LogP) is 3.10. The van der Waals surface area contributed by atoms with E-state index >= 15 is 0 Å². The first-order valence-corrected chi connectivity index (χ1v) is 7.09. The van der Waals surface area contributed by atoms with Gasteiger partial charge in [0.05, 0.1) is 12.7 Å². The van der Waals surface area contributed by atoms with Crippen molar-refractivity contribution >= 4 is 6.08 Å². The Kier molecular flexibility index (Phi) is 6.24. The Balaban J connectivity index is 2.49. The largest absolute Gasteiger partial charge is 0.497 e. The summed E-state index contributed by atoms with van der Waals surface area (Å²) < 4.78 is 5.14. The molecule has 1 atom stereocenters. The molecule has 0 amide bonds. The summed E-state index contributed by atoms with van der Waals surface area (Å²) in [4.78, 5) is 0. The summed E-state index contributed by atoms with van der Waals surface area (Å²) in [5.74, 6) is 1.10. The Labute approximate surface area is 122 Å². The molecule has 20 heavy (non-hydrogen) atoms. The third-order valence-electron chi connectivity index (χ3n) is 3.66. The van der Waals surface area contributed by atoms with Crippen molar-refractivity contribution in [1.82, 2.24) is 5.32 Å². The first-order valence-electron chi connectivity index (χ1n) is 7.09. The Bertz CT molecular complexity index is 433. The highest BCUT2D eigenvalue weighted by Gasteiger charge is 2.23. The van der Waals surface area contributed by atoms with Crippen molar-refractivity contribution in [3.8, 4) is 5.75 Å². The quantitative estimate of drug-likeness (QED) is 0.804. The second-order valence-electron chi connectivity index (χ2n) is 5.88. The molecule has 1 rings (SSSR count). The van der Waals surface area contributed by atoms with Gasteiger partial charge in [-0.3, -0.25) is 0 Å². The van der Waals surface area contributed by atoms with E-state index in [2.05, 4.69) is 18.3 Å². The van der Waals surface area contributed by atoms with Crippen LogP contribution in [0, 0.1) is 5.92 Å². The molecule has 0 radical (unpaired) electrons. The van der Waals surface area contributed by atoms with Crippen LogP contribution in [0.2, 0.25) is 0 Å². The smallest absolute Gasteiger partial charge is 0.118 e. The molecule has 0 saturated heterocycles. The summed E-state index contributed by atoms with van der Waals surface area (Å²) in [5.41, 5.74) is 1.72. The standard InChI is InChI=1S/C17H27NO2/c1-13(2)17(4,19)12-18-11-14(3)10-15-6-8-16(20-5)9-7-15/h6-10,13,18-19H,11-12H2,1-5H3/b14-10-. The molecule has 3 heteroatoms.